The minimum absolute atomic E-state index is 0.660. The van der Waals surface area contributed by atoms with Gasteiger partial charge in [0.1, 0.15) is 0 Å². The maximum Gasteiger partial charge on any atom is 0.234 e. The monoisotopic (exact) mass is 179 g/mol. The Kier molecular flexibility index (Phi) is 3.60. The Bertz CT molecular complexity index is 179. The van der Waals surface area contributed by atoms with Gasteiger partial charge in [0.05, 0.1) is 0 Å². The smallest absolute Gasteiger partial charge is 0.234 e. The lowest BCUT2D eigenvalue weighted by atomic mass is 9.50. The van der Waals surface area contributed by atoms with E-state index < -0.39 is 0 Å². The molecule has 0 spiro atoms. The van der Waals surface area contributed by atoms with Crippen LogP contribution in [0.1, 0.15) is 34.6 Å². The minimum Gasteiger partial charge on any atom is -0.337 e. The first-order valence-corrected chi connectivity index (χ1v) is 5.48. The second-order valence-corrected chi connectivity index (χ2v) is 4.73. The summed E-state index contributed by atoms with van der Waals surface area (Å²) in [7, 11) is 0. The quantitative estimate of drug-likeness (QED) is 0.475. The van der Waals surface area contributed by atoms with E-state index in [1.165, 1.54) is 6.32 Å². The molecule has 1 unspecified atom stereocenters. The van der Waals surface area contributed by atoms with E-state index in [0.29, 0.717) is 12.1 Å². The molecule has 0 bridgehead atoms. The molecule has 1 aliphatic rings. The first kappa shape index (κ1) is 10.8. The van der Waals surface area contributed by atoms with Crippen LogP contribution in [-0.4, -0.2) is 23.7 Å². The van der Waals surface area contributed by atoms with Gasteiger partial charge in [0, 0.05) is 0 Å². The molecule has 0 saturated carbocycles. The number of hydrogen-bond acceptors (Lipinski definition) is 1. The van der Waals surface area contributed by atoms with Gasteiger partial charge in [-0.05, 0) is 24.2 Å². The lowest BCUT2D eigenvalue weighted by Crippen LogP contribution is -2.48. The average molecular weight is 179 g/mol. The Morgan fingerprint density at radius 1 is 1.23 bits per heavy atom. The van der Waals surface area contributed by atoms with E-state index in [4.69, 9.17) is 0 Å². The minimum atomic E-state index is 0.660. The van der Waals surface area contributed by atoms with Gasteiger partial charge >= 0.3 is 0 Å². The summed E-state index contributed by atoms with van der Waals surface area (Å²) in [6.07, 6.45) is 5.91. The van der Waals surface area contributed by atoms with Gasteiger partial charge in [-0.1, -0.05) is 46.8 Å². The summed E-state index contributed by atoms with van der Waals surface area (Å²) >= 11 is 0. The molecule has 0 aliphatic carbocycles. The zero-order valence-corrected chi connectivity index (χ0v) is 9.62. The molecular weight excluding hydrogens is 157 g/mol. The van der Waals surface area contributed by atoms with E-state index in [0.717, 1.165) is 12.7 Å². The zero-order valence-electron chi connectivity index (χ0n) is 9.62. The molecule has 0 aromatic carbocycles. The highest BCUT2D eigenvalue weighted by Crippen LogP contribution is 2.28. The fourth-order valence-electron chi connectivity index (χ4n) is 2.53. The molecule has 0 fully saturated rings. The van der Waals surface area contributed by atoms with Crippen LogP contribution in [0, 0.1) is 0 Å². The third-order valence-corrected chi connectivity index (χ3v) is 3.00. The Balaban J connectivity index is 2.65. The molecule has 74 valence electrons. The molecule has 0 saturated heterocycles. The highest BCUT2D eigenvalue weighted by molar-refractivity contribution is 6.59. The molecule has 0 radical (unpaired) electrons. The van der Waals surface area contributed by atoms with Crippen LogP contribution >= 0.6 is 0 Å². The van der Waals surface area contributed by atoms with Crippen LogP contribution in [0.4, 0.5) is 0 Å². The van der Waals surface area contributed by atoms with Crippen LogP contribution < -0.4 is 0 Å². The Morgan fingerprint density at radius 3 is 2.08 bits per heavy atom. The SMILES string of the molecule is CC1C=CCB1N(C(C)C)C(C)C. The van der Waals surface area contributed by atoms with Crippen molar-refractivity contribution in [1.29, 1.82) is 0 Å². The lowest BCUT2D eigenvalue weighted by molar-refractivity contribution is 0.301. The highest BCUT2D eigenvalue weighted by atomic mass is 15.1. The van der Waals surface area contributed by atoms with Crippen molar-refractivity contribution in [3.63, 3.8) is 0 Å². The van der Waals surface area contributed by atoms with Gasteiger partial charge in [-0.2, -0.15) is 0 Å². The van der Waals surface area contributed by atoms with Crippen LogP contribution in [-0.2, 0) is 0 Å². The molecule has 13 heavy (non-hydrogen) atoms. The van der Waals surface area contributed by atoms with E-state index in [1.54, 1.807) is 0 Å². The highest BCUT2D eigenvalue weighted by Gasteiger charge is 2.32. The van der Waals surface area contributed by atoms with Gasteiger partial charge in [-0.3, -0.25) is 0 Å². The van der Waals surface area contributed by atoms with E-state index >= 15 is 0 Å². The van der Waals surface area contributed by atoms with E-state index in [9.17, 15) is 0 Å². The molecule has 1 atom stereocenters. The third-order valence-electron chi connectivity index (χ3n) is 3.00. The largest absolute Gasteiger partial charge is 0.337 e. The van der Waals surface area contributed by atoms with Crippen LogP contribution in [0.5, 0.6) is 0 Å². The van der Waals surface area contributed by atoms with Crippen molar-refractivity contribution < 1.29 is 0 Å². The zero-order chi connectivity index (χ0) is 10.0. The van der Waals surface area contributed by atoms with E-state index in [1.807, 2.05) is 0 Å². The standard InChI is InChI=1S/C11H22BN/c1-9(2)13(10(3)4)12-8-6-7-11(12)5/h6-7,9-11H,8H2,1-5H3. The van der Waals surface area contributed by atoms with Gasteiger partial charge in [-0.15, -0.1) is 0 Å². The predicted molar refractivity (Wildman–Crippen MR) is 61.2 cm³/mol. The molecule has 1 rings (SSSR count). The molecule has 0 aromatic heterocycles. The van der Waals surface area contributed by atoms with Crippen molar-refractivity contribution in [2.75, 3.05) is 0 Å². The van der Waals surface area contributed by atoms with Gasteiger partial charge < -0.3 is 4.81 Å². The topological polar surface area (TPSA) is 3.24 Å². The molecular formula is C11H22BN. The molecule has 0 aromatic rings. The van der Waals surface area contributed by atoms with Gasteiger partial charge in [0.25, 0.3) is 0 Å². The molecule has 1 aliphatic heterocycles. The summed E-state index contributed by atoms with van der Waals surface area (Å²) in [5, 5.41) is 0. The summed E-state index contributed by atoms with van der Waals surface area (Å²) in [5.74, 6) is 0.727. The van der Waals surface area contributed by atoms with Crippen molar-refractivity contribution in [2.24, 2.45) is 0 Å². The van der Waals surface area contributed by atoms with Crippen LogP contribution in [0.2, 0.25) is 12.1 Å². The molecule has 2 heteroatoms. The molecule has 1 nitrogen and oxygen atoms in total. The van der Waals surface area contributed by atoms with Crippen LogP contribution in [0.15, 0.2) is 12.2 Å². The maximum absolute atomic E-state index is 2.63. The van der Waals surface area contributed by atoms with Crippen molar-refractivity contribution in [3.05, 3.63) is 12.2 Å². The van der Waals surface area contributed by atoms with Gasteiger partial charge in [0.15, 0.2) is 0 Å². The fourth-order valence-corrected chi connectivity index (χ4v) is 2.53. The van der Waals surface area contributed by atoms with Gasteiger partial charge in [0.2, 0.25) is 6.85 Å². The third kappa shape index (κ3) is 2.37. The summed E-state index contributed by atoms with van der Waals surface area (Å²) in [4.78, 5) is 2.63. The van der Waals surface area contributed by atoms with Crippen molar-refractivity contribution >= 4 is 6.85 Å². The van der Waals surface area contributed by atoms with Crippen LogP contribution in [0.25, 0.3) is 0 Å². The van der Waals surface area contributed by atoms with Crippen molar-refractivity contribution in [2.45, 2.75) is 58.8 Å². The summed E-state index contributed by atoms with van der Waals surface area (Å²) in [6, 6.07) is 1.32. The Morgan fingerprint density at radius 2 is 1.77 bits per heavy atom. The Hall–Kier alpha value is -0.235. The maximum atomic E-state index is 2.63. The summed E-state index contributed by atoms with van der Waals surface area (Å²) in [5.41, 5.74) is 0. The number of hydrogen-bond donors (Lipinski definition) is 0. The predicted octanol–water partition coefficient (Wildman–Crippen LogP) is 3.06. The Labute approximate surface area is 83.3 Å². The van der Waals surface area contributed by atoms with E-state index in [-0.39, 0.29) is 0 Å². The number of allylic oxidation sites excluding steroid dienone is 2. The van der Waals surface area contributed by atoms with Crippen molar-refractivity contribution in [1.82, 2.24) is 4.81 Å². The number of nitrogens with zero attached hydrogens (tertiary/aromatic N) is 1. The van der Waals surface area contributed by atoms with E-state index in [2.05, 4.69) is 51.6 Å². The normalized spacial score (nSPS) is 22.8. The molecule has 0 N–H and O–H groups in total. The molecule has 0 amide bonds. The second kappa shape index (κ2) is 4.32. The van der Waals surface area contributed by atoms with Crippen molar-refractivity contribution in [3.8, 4) is 0 Å². The van der Waals surface area contributed by atoms with Crippen LogP contribution in [0.3, 0.4) is 0 Å². The summed E-state index contributed by atoms with van der Waals surface area (Å²) < 4.78 is 0. The summed E-state index contributed by atoms with van der Waals surface area (Å²) in [6.45, 7) is 12.2. The molecule has 1 heterocycles. The lowest BCUT2D eigenvalue weighted by Gasteiger charge is -2.36. The number of rotatable bonds is 3. The fraction of sp³-hybridized carbons (Fsp3) is 0.818. The first-order chi connectivity index (χ1) is 6.04. The second-order valence-electron chi connectivity index (χ2n) is 4.73. The van der Waals surface area contributed by atoms with Gasteiger partial charge in [-0.25, -0.2) is 0 Å². The average Bonchev–Trinajstić information content (AvgIpc) is 2.35. The first-order valence-electron chi connectivity index (χ1n) is 5.48.